The summed E-state index contributed by atoms with van der Waals surface area (Å²) in [5.41, 5.74) is 3.39. The van der Waals surface area contributed by atoms with E-state index in [9.17, 15) is 4.39 Å². The van der Waals surface area contributed by atoms with E-state index in [-0.39, 0.29) is 5.82 Å². The molecule has 0 bridgehead atoms. The van der Waals surface area contributed by atoms with E-state index >= 15 is 0 Å². The Morgan fingerprint density at radius 1 is 1.00 bits per heavy atom. The maximum absolute atomic E-state index is 14.0. The van der Waals surface area contributed by atoms with Crippen LogP contribution < -0.4 is 5.32 Å². The van der Waals surface area contributed by atoms with Gasteiger partial charge >= 0.3 is 0 Å². The average molecular weight is 339 g/mol. The van der Waals surface area contributed by atoms with Gasteiger partial charge in [0.15, 0.2) is 0 Å². The van der Waals surface area contributed by atoms with E-state index in [0.717, 1.165) is 22.4 Å². The molecule has 0 aliphatic carbocycles. The van der Waals surface area contributed by atoms with Crippen LogP contribution >= 0.6 is 11.6 Å². The van der Waals surface area contributed by atoms with E-state index in [1.165, 1.54) is 12.1 Å². The molecule has 0 amide bonds. The molecule has 0 aliphatic heterocycles. The van der Waals surface area contributed by atoms with Gasteiger partial charge in [-0.25, -0.2) is 9.37 Å². The van der Waals surface area contributed by atoms with Crippen LogP contribution in [0, 0.1) is 5.82 Å². The van der Waals surface area contributed by atoms with Crippen molar-refractivity contribution < 1.29 is 4.39 Å². The summed E-state index contributed by atoms with van der Waals surface area (Å²) in [6.07, 6.45) is 5.19. The first kappa shape index (κ1) is 14.7. The molecule has 0 atom stereocenters. The number of benzene rings is 1. The SMILES string of the molecule is Fc1ccc(Cl)cc1-c1cc(Nc2ccnc3[nH]ccc23)ccn1. The Labute approximate surface area is 142 Å². The van der Waals surface area contributed by atoms with Crippen LogP contribution in [0.3, 0.4) is 0 Å². The molecule has 2 N–H and O–H groups in total. The van der Waals surface area contributed by atoms with Crippen molar-refractivity contribution in [2.24, 2.45) is 0 Å². The maximum atomic E-state index is 14.0. The summed E-state index contributed by atoms with van der Waals surface area (Å²) in [5.74, 6) is -0.360. The van der Waals surface area contributed by atoms with Gasteiger partial charge in [-0.15, -0.1) is 0 Å². The standard InChI is InChI=1S/C18H12ClFN4/c19-11-1-2-15(20)14(9-11)17-10-12(3-6-21-17)24-16-5-8-23-18-13(16)4-7-22-18/h1-10H,(H2,21,22,23,24). The lowest BCUT2D eigenvalue weighted by atomic mass is 10.1. The fourth-order valence-electron chi connectivity index (χ4n) is 2.57. The molecule has 6 heteroatoms. The fourth-order valence-corrected chi connectivity index (χ4v) is 2.75. The Bertz CT molecular complexity index is 1030. The minimum absolute atomic E-state index is 0.360. The number of hydrogen-bond acceptors (Lipinski definition) is 3. The highest BCUT2D eigenvalue weighted by molar-refractivity contribution is 6.30. The first-order chi connectivity index (χ1) is 11.7. The Morgan fingerprint density at radius 2 is 1.88 bits per heavy atom. The molecule has 0 saturated heterocycles. The van der Waals surface area contributed by atoms with Gasteiger partial charge in [-0.05, 0) is 42.5 Å². The third kappa shape index (κ3) is 2.70. The molecule has 4 aromatic rings. The lowest BCUT2D eigenvalue weighted by molar-refractivity contribution is 0.631. The number of fused-ring (bicyclic) bond motifs is 1. The smallest absolute Gasteiger partial charge is 0.139 e. The van der Waals surface area contributed by atoms with Crippen molar-refractivity contribution >= 4 is 34.0 Å². The van der Waals surface area contributed by atoms with Gasteiger partial charge in [-0.2, -0.15) is 0 Å². The van der Waals surface area contributed by atoms with Crippen molar-refractivity contribution in [2.45, 2.75) is 0 Å². The molecule has 0 saturated carbocycles. The van der Waals surface area contributed by atoms with Gasteiger partial charge in [0.05, 0.1) is 11.4 Å². The molecule has 3 aromatic heterocycles. The maximum Gasteiger partial charge on any atom is 0.139 e. The second-order valence-electron chi connectivity index (χ2n) is 5.28. The van der Waals surface area contributed by atoms with Crippen molar-refractivity contribution in [3.05, 3.63) is 71.9 Å². The van der Waals surface area contributed by atoms with Crippen molar-refractivity contribution in [3.8, 4) is 11.3 Å². The van der Waals surface area contributed by atoms with Crippen molar-refractivity contribution in [1.29, 1.82) is 0 Å². The number of pyridine rings is 2. The topological polar surface area (TPSA) is 53.6 Å². The van der Waals surface area contributed by atoms with Crippen LogP contribution in [0.4, 0.5) is 15.8 Å². The Balaban J connectivity index is 1.73. The predicted molar refractivity (Wildman–Crippen MR) is 94.0 cm³/mol. The quantitative estimate of drug-likeness (QED) is 0.542. The normalized spacial score (nSPS) is 10.9. The molecule has 3 heterocycles. The molecule has 0 aliphatic rings. The zero-order chi connectivity index (χ0) is 16.5. The number of halogens is 2. The number of H-pyrrole nitrogens is 1. The largest absolute Gasteiger partial charge is 0.355 e. The highest BCUT2D eigenvalue weighted by Gasteiger charge is 2.09. The second-order valence-corrected chi connectivity index (χ2v) is 5.71. The van der Waals surface area contributed by atoms with E-state index in [1.807, 2.05) is 24.4 Å². The van der Waals surface area contributed by atoms with E-state index in [4.69, 9.17) is 11.6 Å². The monoisotopic (exact) mass is 338 g/mol. The van der Waals surface area contributed by atoms with E-state index in [2.05, 4.69) is 20.3 Å². The average Bonchev–Trinajstić information content (AvgIpc) is 3.07. The zero-order valence-electron chi connectivity index (χ0n) is 12.4. The van der Waals surface area contributed by atoms with Crippen LogP contribution in [0.1, 0.15) is 0 Å². The molecular weight excluding hydrogens is 327 g/mol. The van der Waals surface area contributed by atoms with Gasteiger partial charge in [0.1, 0.15) is 11.5 Å². The molecular formula is C18H12ClFN4. The van der Waals surface area contributed by atoms with Crippen LogP contribution in [-0.2, 0) is 0 Å². The zero-order valence-corrected chi connectivity index (χ0v) is 13.2. The minimum Gasteiger partial charge on any atom is -0.355 e. The lowest BCUT2D eigenvalue weighted by Gasteiger charge is -2.09. The number of nitrogens with one attached hydrogen (secondary N) is 2. The number of hydrogen-bond donors (Lipinski definition) is 2. The van der Waals surface area contributed by atoms with Crippen LogP contribution in [0.5, 0.6) is 0 Å². The molecule has 0 spiro atoms. The summed E-state index contributed by atoms with van der Waals surface area (Å²) in [5, 5.41) is 4.77. The third-order valence-electron chi connectivity index (χ3n) is 3.70. The molecule has 0 unspecified atom stereocenters. The molecule has 0 radical (unpaired) electrons. The summed E-state index contributed by atoms with van der Waals surface area (Å²) in [6, 6.07) is 11.9. The van der Waals surface area contributed by atoms with Crippen molar-refractivity contribution in [2.75, 3.05) is 5.32 Å². The Hall–Kier alpha value is -2.92. The first-order valence-corrected chi connectivity index (χ1v) is 7.69. The number of rotatable bonds is 3. The molecule has 0 fully saturated rings. The van der Waals surface area contributed by atoms with Gasteiger partial charge in [-0.3, -0.25) is 4.98 Å². The van der Waals surface area contributed by atoms with Crippen molar-refractivity contribution in [1.82, 2.24) is 15.0 Å². The number of aromatic amines is 1. The predicted octanol–water partition coefficient (Wildman–Crippen LogP) is 5.16. The third-order valence-corrected chi connectivity index (χ3v) is 3.94. The van der Waals surface area contributed by atoms with Gasteiger partial charge in [-0.1, -0.05) is 11.6 Å². The number of anilines is 2. The number of nitrogens with zero attached hydrogens (tertiary/aromatic N) is 2. The van der Waals surface area contributed by atoms with Crippen LogP contribution in [0.15, 0.2) is 61.1 Å². The van der Waals surface area contributed by atoms with Crippen LogP contribution in [0.2, 0.25) is 5.02 Å². The summed E-state index contributed by atoms with van der Waals surface area (Å²) in [6.45, 7) is 0. The Morgan fingerprint density at radius 3 is 2.79 bits per heavy atom. The summed E-state index contributed by atoms with van der Waals surface area (Å²) in [7, 11) is 0. The lowest BCUT2D eigenvalue weighted by Crippen LogP contribution is -1.94. The second kappa shape index (κ2) is 5.94. The van der Waals surface area contributed by atoms with E-state index in [1.54, 1.807) is 24.5 Å². The van der Waals surface area contributed by atoms with Crippen LogP contribution in [-0.4, -0.2) is 15.0 Å². The Kier molecular flexibility index (Phi) is 3.63. The molecule has 118 valence electrons. The number of aromatic nitrogens is 3. The van der Waals surface area contributed by atoms with Crippen LogP contribution in [0.25, 0.3) is 22.3 Å². The van der Waals surface area contributed by atoms with Gasteiger partial charge < -0.3 is 10.3 Å². The molecule has 4 rings (SSSR count). The molecule has 24 heavy (non-hydrogen) atoms. The highest BCUT2D eigenvalue weighted by atomic mass is 35.5. The fraction of sp³-hybridized carbons (Fsp3) is 0. The van der Waals surface area contributed by atoms with Gasteiger partial charge in [0.25, 0.3) is 0 Å². The molecule has 1 aromatic carbocycles. The van der Waals surface area contributed by atoms with Gasteiger partial charge in [0, 0.05) is 40.3 Å². The summed E-state index contributed by atoms with van der Waals surface area (Å²) >= 11 is 5.97. The first-order valence-electron chi connectivity index (χ1n) is 7.31. The molecule has 4 nitrogen and oxygen atoms in total. The van der Waals surface area contributed by atoms with Crippen molar-refractivity contribution in [3.63, 3.8) is 0 Å². The summed E-state index contributed by atoms with van der Waals surface area (Å²) < 4.78 is 14.0. The van der Waals surface area contributed by atoms with Gasteiger partial charge in [0.2, 0.25) is 0 Å². The highest BCUT2D eigenvalue weighted by Crippen LogP contribution is 2.29. The van der Waals surface area contributed by atoms with E-state index < -0.39 is 0 Å². The van der Waals surface area contributed by atoms with E-state index in [0.29, 0.717) is 16.3 Å². The summed E-state index contributed by atoms with van der Waals surface area (Å²) in [4.78, 5) is 11.6. The minimum atomic E-state index is -0.360.